The van der Waals surface area contributed by atoms with Gasteiger partial charge in [0.1, 0.15) is 11.9 Å². The van der Waals surface area contributed by atoms with Crippen molar-refractivity contribution < 1.29 is 19.1 Å². The Kier molecular flexibility index (Phi) is 4.45. The standard InChI is InChI=1S/C20H21N3O4/c1-11-7-16-18(22-11)9-15-14-8-13(3-4-17(14)23-20(15)25)27-12(2)10-26-6-5-21-19(16)24/h3-4,7-9,12,22H,5-6,10H2,1-2H3,(H,21,24)(H,23,25)/b15-9-/t12-/m0/s1. The molecule has 0 spiro atoms. The molecule has 27 heavy (non-hydrogen) atoms. The van der Waals surface area contributed by atoms with Crippen molar-refractivity contribution in [1.29, 1.82) is 0 Å². The molecule has 0 saturated heterocycles. The maximum Gasteiger partial charge on any atom is 0.256 e. The molecule has 2 aliphatic heterocycles. The topological polar surface area (TPSA) is 92.5 Å². The molecule has 1 atom stereocenters. The van der Waals surface area contributed by atoms with Crippen molar-refractivity contribution in [3.05, 3.63) is 46.8 Å². The maximum atomic E-state index is 12.5. The Morgan fingerprint density at radius 2 is 1.96 bits per heavy atom. The number of carbonyl (C=O) groups is 2. The van der Waals surface area contributed by atoms with Gasteiger partial charge >= 0.3 is 0 Å². The minimum atomic E-state index is -0.207. The summed E-state index contributed by atoms with van der Waals surface area (Å²) < 4.78 is 11.5. The van der Waals surface area contributed by atoms with Crippen molar-refractivity contribution in [2.24, 2.45) is 0 Å². The number of rotatable bonds is 0. The Bertz CT molecular complexity index is 945. The van der Waals surface area contributed by atoms with E-state index in [1.807, 2.05) is 32.0 Å². The van der Waals surface area contributed by atoms with E-state index in [-0.39, 0.29) is 17.9 Å². The molecule has 140 valence electrons. The van der Waals surface area contributed by atoms with Crippen molar-refractivity contribution in [2.75, 3.05) is 25.1 Å². The van der Waals surface area contributed by atoms with E-state index in [0.717, 1.165) is 16.9 Å². The third-order valence-corrected chi connectivity index (χ3v) is 4.51. The molecule has 1 aromatic carbocycles. The maximum absolute atomic E-state index is 12.5. The normalized spacial score (nSPS) is 21.7. The average Bonchev–Trinajstić information content (AvgIpc) is 3.14. The highest BCUT2D eigenvalue weighted by molar-refractivity contribution is 6.35. The number of hydrogen-bond acceptors (Lipinski definition) is 4. The number of aryl methyl sites for hydroxylation is 1. The van der Waals surface area contributed by atoms with Crippen molar-refractivity contribution >= 4 is 29.2 Å². The number of H-pyrrole nitrogens is 1. The third-order valence-electron chi connectivity index (χ3n) is 4.51. The molecule has 2 amide bonds. The predicted octanol–water partition coefficient (Wildman–Crippen LogP) is 2.34. The first-order valence-corrected chi connectivity index (χ1v) is 8.91. The number of aromatic nitrogens is 1. The van der Waals surface area contributed by atoms with Gasteiger partial charge in [-0.1, -0.05) is 0 Å². The van der Waals surface area contributed by atoms with Crippen LogP contribution in [-0.4, -0.2) is 42.7 Å². The molecule has 0 unspecified atom stereocenters. The zero-order valence-corrected chi connectivity index (χ0v) is 15.2. The van der Waals surface area contributed by atoms with E-state index in [9.17, 15) is 9.59 Å². The lowest BCUT2D eigenvalue weighted by atomic mass is 10.0. The minimum absolute atomic E-state index is 0.156. The number of aromatic amines is 1. The summed E-state index contributed by atoms with van der Waals surface area (Å²) in [6, 6.07) is 7.26. The summed E-state index contributed by atoms with van der Waals surface area (Å²) in [5.74, 6) is 0.252. The van der Waals surface area contributed by atoms with Crippen LogP contribution in [0.25, 0.3) is 11.6 Å². The van der Waals surface area contributed by atoms with Crippen LogP contribution in [0.15, 0.2) is 24.3 Å². The number of ether oxygens (including phenoxy) is 2. The van der Waals surface area contributed by atoms with Gasteiger partial charge in [-0.25, -0.2) is 0 Å². The summed E-state index contributed by atoms with van der Waals surface area (Å²) in [6.45, 7) is 4.98. The smallest absolute Gasteiger partial charge is 0.256 e. The second-order valence-corrected chi connectivity index (χ2v) is 6.76. The molecule has 2 aromatic rings. The first kappa shape index (κ1) is 17.4. The van der Waals surface area contributed by atoms with Crippen molar-refractivity contribution in [2.45, 2.75) is 20.0 Å². The number of nitrogens with one attached hydrogen (secondary N) is 3. The fourth-order valence-corrected chi connectivity index (χ4v) is 3.29. The van der Waals surface area contributed by atoms with E-state index in [4.69, 9.17) is 9.47 Å². The summed E-state index contributed by atoms with van der Waals surface area (Å²) in [6.07, 6.45) is 1.56. The minimum Gasteiger partial charge on any atom is -0.488 e. The van der Waals surface area contributed by atoms with Gasteiger partial charge in [-0.2, -0.15) is 0 Å². The average molecular weight is 367 g/mol. The van der Waals surface area contributed by atoms with Crippen LogP contribution in [0.5, 0.6) is 5.75 Å². The molecule has 0 aliphatic carbocycles. The van der Waals surface area contributed by atoms with Crippen LogP contribution < -0.4 is 15.4 Å². The molecule has 3 heterocycles. The largest absolute Gasteiger partial charge is 0.488 e. The quantitative estimate of drug-likeness (QED) is 0.666. The monoisotopic (exact) mass is 367 g/mol. The van der Waals surface area contributed by atoms with Crippen LogP contribution in [-0.2, 0) is 9.53 Å². The van der Waals surface area contributed by atoms with Gasteiger partial charge in [-0.3, -0.25) is 9.59 Å². The van der Waals surface area contributed by atoms with Gasteiger partial charge in [0.15, 0.2) is 0 Å². The molecule has 2 bridgehead atoms. The highest BCUT2D eigenvalue weighted by Crippen LogP contribution is 2.36. The lowest BCUT2D eigenvalue weighted by Gasteiger charge is -2.15. The number of benzene rings is 1. The van der Waals surface area contributed by atoms with Crippen LogP contribution in [0.4, 0.5) is 5.69 Å². The molecular weight excluding hydrogens is 346 g/mol. The zero-order chi connectivity index (χ0) is 19.0. The van der Waals surface area contributed by atoms with E-state index in [0.29, 0.717) is 42.3 Å². The molecule has 0 fully saturated rings. The zero-order valence-electron chi connectivity index (χ0n) is 15.2. The second-order valence-electron chi connectivity index (χ2n) is 6.76. The van der Waals surface area contributed by atoms with E-state index in [1.54, 1.807) is 12.1 Å². The molecule has 0 radical (unpaired) electrons. The van der Waals surface area contributed by atoms with E-state index in [1.165, 1.54) is 0 Å². The van der Waals surface area contributed by atoms with Crippen molar-refractivity contribution in [1.82, 2.24) is 10.3 Å². The van der Waals surface area contributed by atoms with Gasteiger partial charge in [0, 0.05) is 23.5 Å². The van der Waals surface area contributed by atoms with E-state index >= 15 is 0 Å². The molecule has 4 rings (SSSR count). The van der Waals surface area contributed by atoms with Crippen LogP contribution in [0.1, 0.15) is 34.2 Å². The summed E-state index contributed by atoms with van der Waals surface area (Å²) in [5.41, 5.74) is 3.90. The Balaban J connectivity index is 1.82. The van der Waals surface area contributed by atoms with Gasteiger partial charge in [0.2, 0.25) is 0 Å². The Morgan fingerprint density at radius 3 is 2.81 bits per heavy atom. The number of anilines is 1. The van der Waals surface area contributed by atoms with Crippen LogP contribution in [0.3, 0.4) is 0 Å². The number of carbonyl (C=O) groups excluding carboxylic acids is 2. The lowest BCUT2D eigenvalue weighted by Crippen LogP contribution is -2.29. The number of fused-ring (bicyclic) bond motifs is 2. The lowest BCUT2D eigenvalue weighted by molar-refractivity contribution is -0.110. The Labute approximate surface area is 156 Å². The number of amides is 2. The summed E-state index contributed by atoms with van der Waals surface area (Å²) >= 11 is 0. The fourth-order valence-electron chi connectivity index (χ4n) is 3.29. The number of hydrogen-bond donors (Lipinski definition) is 3. The van der Waals surface area contributed by atoms with Crippen LogP contribution in [0.2, 0.25) is 0 Å². The molecule has 0 saturated carbocycles. The second kappa shape index (κ2) is 6.92. The molecule has 7 heteroatoms. The van der Waals surface area contributed by atoms with Crippen molar-refractivity contribution in [3.63, 3.8) is 0 Å². The summed E-state index contributed by atoms with van der Waals surface area (Å²) in [5, 5.41) is 5.70. The molecule has 1 aromatic heterocycles. The van der Waals surface area contributed by atoms with Crippen molar-refractivity contribution in [3.8, 4) is 5.75 Å². The molecule has 3 N–H and O–H groups in total. The molecule has 7 nitrogen and oxygen atoms in total. The molecular formula is C20H21N3O4. The van der Waals surface area contributed by atoms with Gasteiger partial charge in [0.25, 0.3) is 11.8 Å². The van der Waals surface area contributed by atoms with Gasteiger partial charge in [-0.15, -0.1) is 0 Å². The summed E-state index contributed by atoms with van der Waals surface area (Å²) in [7, 11) is 0. The van der Waals surface area contributed by atoms with Crippen LogP contribution >= 0.6 is 0 Å². The van der Waals surface area contributed by atoms with Gasteiger partial charge < -0.3 is 25.1 Å². The van der Waals surface area contributed by atoms with Gasteiger partial charge in [0.05, 0.1) is 30.0 Å². The first-order valence-electron chi connectivity index (χ1n) is 8.91. The van der Waals surface area contributed by atoms with Crippen LogP contribution in [0, 0.1) is 6.92 Å². The Hall–Kier alpha value is -3.06. The SMILES string of the molecule is Cc1cc2c([nH]1)/C=C1\C(=O)Nc3ccc(cc31)O[C@@H](C)COCCNC2=O. The highest BCUT2D eigenvalue weighted by Gasteiger charge is 2.26. The van der Waals surface area contributed by atoms with E-state index < -0.39 is 0 Å². The predicted molar refractivity (Wildman–Crippen MR) is 102 cm³/mol. The fraction of sp³-hybridized carbons (Fsp3) is 0.300. The molecule has 2 aliphatic rings. The Morgan fingerprint density at radius 1 is 1.11 bits per heavy atom. The van der Waals surface area contributed by atoms with Gasteiger partial charge in [-0.05, 0) is 44.2 Å². The summed E-state index contributed by atoms with van der Waals surface area (Å²) in [4.78, 5) is 28.2. The third kappa shape index (κ3) is 3.46. The first-order chi connectivity index (χ1) is 13.0. The van der Waals surface area contributed by atoms with E-state index in [2.05, 4.69) is 15.6 Å². The highest BCUT2D eigenvalue weighted by atomic mass is 16.5.